The Kier molecular flexibility index (Phi) is 5.94. The predicted octanol–water partition coefficient (Wildman–Crippen LogP) is 2.72. The number of carbonyl (C=O) groups excluding carboxylic acids is 2. The van der Waals surface area contributed by atoms with Crippen molar-refractivity contribution in [2.45, 2.75) is 0 Å². The van der Waals surface area contributed by atoms with E-state index in [9.17, 15) is 9.59 Å². The number of methoxy groups -OCH3 is 2. The molecule has 7 nitrogen and oxygen atoms in total. The van der Waals surface area contributed by atoms with Crippen molar-refractivity contribution in [1.29, 1.82) is 0 Å². The number of nitrogens with zero attached hydrogens (tertiary/aromatic N) is 1. The van der Waals surface area contributed by atoms with Crippen LogP contribution in [-0.4, -0.2) is 37.7 Å². The Hall–Kier alpha value is -2.13. The van der Waals surface area contributed by atoms with Gasteiger partial charge in [-0.2, -0.15) is 0 Å². The fourth-order valence-electron chi connectivity index (χ4n) is 1.65. The van der Waals surface area contributed by atoms with Crippen LogP contribution in [0.1, 0.15) is 10.4 Å². The largest absolute Gasteiger partial charge is 0.493 e. The molecule has 0 spiro atoms. The molecule has 0 saturated heterocycles. The molecule has 122 valence electrons. The van der Waals surface area contributed by atoms with E-state index in [4.69, 9.17) is 14.2 Å². The molecular formula is C14H13BrN2O5S. The van der Waals surface area contributed by atoms with Gasteiger partial charge in [-0.15, -0.1) is 0 Å². The number of benzene rings is 1. The second-order valence-electron chi connectivity index (χ2n) is 4.16. The van der Waals surface area contributed by atoms with Gasteiger partial charge in [-0.25, -0.2) is 9.78 Å². The fraction of sp³-hybridized carbons (Fsp3) is 0.214. The lowest BCUT2D eigenvalue weighted by atomic mass is 10.2. The summed E-state index contributed by atoms with van der Waals surface area (Å²) >= 11 is 4.50. The highest BCUT2D eigenvalue weighted by atomic mass is 79.9. The first-order valence-electron chi connectivity index (χ1n) is 6.34. The molecular weight excluding hydrogens is 388 g/mol. The average Bonchev–Trinajstić information content (AvgIpc) is 2.96. The molecule has 0 atom stereocenters. The Morgan fingerprint density at radius 3 is 2.61 bits per heavy atom. The van der Waals surface area contributed by atoms with Gasteiger partial charge >= 0.3 is 5.97 Å². The maximum atomic E-state index is 12.0. The van der Waals surface area contributed by atoms with Gasteiger partial charge in [0.15, 0.2) is 23.2 Å². The first-order chi connectivity index (χ1) is 11.0. The van der Waals surface area contributed by atoms with Gasteiger partial charge in [0, 0.05) is 0 Å². The molecule has 0 bridgehead atoms. The summed E-state index contributed by atoms with van der Waals surface area (Å²) in [6, 6.07) is 4.60. The molecule has 23 heavy (non-hydrogen) atoms. The molecule has 2 rings (SSSR count). The van der Waals surface area contributed by atoms with Crippen LogP contribution < -0.4 is 14.8 Å². The molecule has 0 aliphatic carbocycles. The van der Waals surface area contributed by atoms with Crippen molar-refractivity contribution in [3.05, 3.63) is 33.7 Å². The molecule has 1 amide bonds. The number of carbonyl (C=O) groups is 2. The van der Waals surface area contributed by atoms with Crippen molar-refractivity contribution < 1.29 is 23.8 Å². The van der Waals surface area contributed by atoms with Crippen molar-refractivity contribution >= 4 is 44.3 Å². The Balaban J connectivity index is 1.92. The number of esters is 1. The third-order valence-corrected chi connectivity index (χ3v) is 4.07. The van der Waals surface area contributed by atoms with Gasteiger partial charge < -0.3 is 14.2 Å². The van der Waals surface area contributed by atoms with Gasteiger partial charge in [0.05, 0.1) is 29.8 Å². The monoisotopic (exact) mass is 400 g/mol. The van der Waals surface area contributed by atoms with Gasteiger partial charge in [0.25, 0.3) is 5.91 Å². The molecule has 0 aliphatic heterocycles. The number of nitrogens with one attached hydrogen (secondary N) is 1. The van der Waals surface area contributed by atoms with Crippen molar-refractivity contribution in [2.24, 2.45) is 0 Å². The van der Waals surface area contributed by atoms with Gasteiger partial charge in [-0.05, 0) is 34.1 Å². The van der Waals surface area contributed by atoms with Gasteiger partial charge in [-0.1, -0.05) is 11.3 Å². The second-order valence-corrected chi connectivity index (χ2v) is 6.57. The number of halogens is 1. The molecule has 0 fully saturated rings. The van der Waals surface area contributed by atoms with Crippen LogP contribution in [0.5, 0.6) is 11.5 Å². The number of thiazole rings is 1. The Morgan fingerprint density at radius 1 is 1.26 bits per heavy atom. The Labute approximate surface area is 144 Å². The van der Waals surface area contributed by atoms with Gasteiger partial charge in [0.2, 0.25) is 0 Å². The van der Waals surface area contributed by atoms with Gasteiger partial charge in [0.1, 0.15) is 0 Å². The van der Waals surface area contributed by atoms with E-state index in [1.54, 1.807) is 12.3 Å². The summed E-state index contributed by atoms with van der Waals surface area (Å²) in [5.74, 6) is -0.211. The number of hydrogen-bond acceptors (Lipinski definition) is 7. The van der Waals surface area contributed by atoms with Crippen LogP contribution in [0.2, 0.25) is 0 Å². The number of anilines is 1. The molecule has 1 heterocycles. The van der Waals surface area contributed by atoms with Crippen molar-refractivity contribution in [3.63, 3.8) is 0 Å². The number of aromatic nitrogens is 1. The van der Waals surface area contributed by atoms with Crippen LogP contribution in [0, 0.1) is 0 Å². The van der Waals surface area contributed by atoms with E-state index in [-0.39, 0.29) is 5.56 Å². The summed E-state index contributed by atoms with van der Waals surface area (Å²) < 4.78 is 15.9. The van der Waals surface area contributed by atoms with Crippen LogP contribution in [-0.2, 0) is 9.53 Å². The lowest BCUT2D eigenvalue weighted by Gasteiger charge is -2.09. The highest BCUT2D eigenvalue weighted by Gasteiger charge is 2.14. The van der Waals surface area contributed by atoms with E-state index in [0.29, 0.717) is 16.6 Å². The van der Waals surface area contributed by atoms with E-state index in [1.165, 1.54) is 37.7 Å². The molecule has 1 aromatic carbocycles. The zero-order valence-electron chi connectivity index (χ0n) is 12.3. The summed E-state index contributed by atoms with van der Waals surface area (Å²) in [6.07, 6.45) is 1.57. The standard InChI is InChI=1S/C14H13BrN2O5S/c1-20-9-4-3-8(5-10(9)21-2)13(19)22-7-12(18)17-14-16-6-11(15)23-14/h3-6H,7H2,1-2H3,(H,16,17,18). The lowest BCUT2D eigenvalue weighted by molar-refractivity contribution is -0.119. The summed E-state index contributed by atoms with van der Waals surface area (Å²) in [6.45, 7) is -0.412. The molecule has 0 radical (unpaired) electrons. The Bertz CT molecular complexity index is 719. The summed E-state index contributed by atoms with van der Waals surface area (Å²) in [5, 5.41) is 2.95. The van der Waals surface area contributed by atoms with Crippen LogP contribution in [0.3, 0.4) is 0 Å². The number of ether oxygens (including phenoxy) is 3. The zero-order valence-corrected chi connectivity index (χ0v) is 14.7. The maximum absolute atomic E-state index is 12.0. The lowest BCUT2D eigenvalue weighted by Crippen LogP contribution is -2.20. The first-order valence-corrected chi connectivity index (χ1v) is 7.94. The summed E-state index contributed by atoms with van der Waals surface area (Å²) in [7, 11) is 2.96. The molecule has 0 saturated carbocycles. The Morgan fingerprint density at radius 2 is 2.00 bits per heavy atom. The second kappa shape index (κ2) is 7.93. The van der Waals surface area contributed by atoms with Crippen LogP contribution in [0.4, 0.5) is 5.13 Å². The smallest absolute Gasteiger partial charge is 0.338 e. The minimum absolute atomic E-state index is 0.257. The van der Waals surface area contributed by atoms with E-state index in [0.717, 1.165) is 3.79 Å². The highest BCUT2D eigenvalue weighted by molar-refractivity contribution is 9.11. The third-order valence-electron chi connectivity index (χ3n) is 2.68. The highest BCUT2D eigenvalue weighted by Crippen LogP contribution is 2.27. The number of rotatable bonds is 6. The molecule has 1 aromatic heterocycles. The summed E-state index contributed by atoms with van der Waals surface area (Å²) in [5.41, 5.74) is 0.257. The van der Waals surface area contributed by atoms with Crippen LogP contribution in [0.15, 0.2) is 28.2 Å². The van der Waals surface area contributed by atoms with Gasteiger partial charge in [-0.3, -0.25) is 10.1 Å². The minimum atomic E-state index is -0.638. The van der Waals surface area contributed by atoms with Crippen molar-refractivity contribution in [2.75, 3.05) is 26.1 Å². The van der Waals surface area contributed by atoms with E-state index < -0.39 is 18.5 Å². The number of amides is 1. The predicted molar refractivity (Wildman–Crippen MR) is 88.3 cm³/mol. The van der Waals surface area contributed by atoms with Crippen molar-refractivity contribution in [1.82, 2.24) is 4.98 Å². The molecule has 0 aliphatic rings. The number of hydrogen-bond donors (Lipinski definition) is 1. The minimum Gasteiger partial charge on any atom is -0.493 e. The van der Waals surface area contributed by atoms with Crippen LogP contribution >= 0.6 is 27.3 Å². The SMILES string of the molecule is COc1ccc(C(=O)OCC(=O)Nc2ncc(Br)s2)cc1OC. The summed E-state index contributed by atoms with van der Waals surface area (Å²) in [4.78, 5) is 27.6. The topological polar surface area (TPSA) is 86.8 Å². The molecule has 2 aromatic rings. The normalized spacial score (nSPS) is 10.0. The maximum Gasteiger partial charge on any atom is 0.338 e. The third kappa shape index (κ3) is 4.67. The van der Waals surface area contributed by atoms with E-state index >= 15 is 0 Å². The van der Waals surface area contributed by atoms with E-state index in [2.05, 4.69) is 26.2 Å². The van der Waals surface area contributed by atoms with Crippen LogP contribution in [0.25, 0.3) is 0 Å². The quantitative estimate of drug-likeness (QED) is 0.750. The fourth-order valence-corrected chi connectivity index (χ4v) is 2.77. The first kappa shape index (κ1) is 17.2. The molecule has 9 heteroatoms. The van der Waals surface area contributed by atoms with E-state index in [1.807, 2.05) is 0 Å². The molecule has 0 unspecified atom stereocenters. The van der Waals surface area contributed by atoms with Crippen molar-refractivity contribution in [3.8, 4) is 11.5 Å². The zero-order chi connectivity index (χ0) is 16.8. The molecule has 1 N–H and O–H groups in total. The average molecular weight is 401 g/mol.